The molecule has 7 heteroatoms. The van der Waals surface area contributed by atoms with Gasteiger partial charge in [0.25, 0.3) is 5.91 Å². The zero-order valence-electron chi connectivity index (χ0n) is 12.0. The summed E-state index contributed by atoms with van der Waals surface area (Å²) >= 11 is 0. The second kappa shape index (κ2) is 6.76. The maximum absolute atomic E-state index is 12.2. The number of pyridine rings is 1. The summed E-state index contributed by atoms with van der Waals surface area (Å²) in [5.74, 6) is 5.85. The van der Waals surface area contributed by atoms with Crippen LogP contribution in [0.15, 0.2) is 30.5 Å². The molecule has 0 saturated heterocycles. The summed E-state index contributed by atoms with van der Waals surface area (Å²) in [6.07, 6.45) is 1.59. The van der Waals surface area contributed by atoms with Gasteiger partial charge in [-0.05, 0) is 30.2 Å². The molecule has 7 nitrogen and oxygen atoms in total. The Labute approximate surface area is 123 Å². The minimum absolute atomic E-state index is 0.199. The topological polar surface area (TPSA) is 106 Å². The van der Waals surface area contributed by atoms with E-state index in [-0.39, 0.29) is 11.8 Å². The fourth-order valence-electron chi connectivity index (χ4n) is 1.75. The number of carbonyl (C=O) groups is 1. The Kier molecular flexibility index (Phi) is 4.78. The highest BCUT2D eigenvalue weighted by molar-refractivity contribution is 5.94. The zero-order chi connectivity index (χ0) is 15.2. The number of nitrogen functional groups attached to an aromatic ring is 1. The van der Waals surface area contributed by atoms with E-state index in [2.05, 4.69) is 25.9 Å². The minimum Gasteiger partial charge on any atom is -0.346 e. The summed E-state index contributed by atoms with van der Waals surface area (Å²) in [6, 6.07) is 6.94. The van der Waals surface area contributed by atoms with Crippen molar-refractivity contribution in [3.63, 3.8) is 0 Å². The van der Waals surface area contributed by atoms with Gasteiger partial charge in [-0.1, -0.05) is 13.8 Å². The molecule has 2 aromatic rings. The summed E-state index contributed by atoms with van der Waals surface area (Å²) in [6.45, 7) is 4.32. The predicted octanol–water partition coefficient (Wildman–Crippen LogP) is 1.21. The van der Waals surface area contributed by atoms with Crippen LogP contribution in [-0.2, 0) is 6.54 Å². The third-order valence-electron chi connectivity index (χ3n) is 2.90. The van der Waals surface area contributed by atoms with Crippen LogP contribution in [0, 0.1) is 0 Å². The average Bonchev–Trinajstić information content (AvgIpc) is 2.53. The van der Waals surface area contributed by atoms with Crippen molar-refractivity contribution in [2.24, 2.45) is 5.84 Å². The van der Waals surface area contributed by atoms with E-state index in [1.165, 1.54) is 0 Å². The van der Waals surface area contributed by atoms with Crippen LogP contribution in [0.2, 0.25) is 0 Å². The van der Waals surface area contributed by atoms with Crippen molar-refractivity contribution in [2.45, 2.75) is 26.3 Å². The summed E-state index contributed by atoms with van der Waals surface area (Å²) in [7, 11) is 0. The van der Waals surface area contributed by atoms with E-state index in [9.17, 15) is 4.79 Å². The molecule has 0 aromatic carbocycles. The van der Waals surface area contributed by atoms with Crippen molar-refractivity contribution in [1.82, 2.24) is 20.5 Å². The Hall–Kier alpha value is -2.54. The highest BCUT2D eigenvalue weighted by Gasteiger charge is 2.11. The van der Waals surface area contributed by atoms with Crippen LogP contribution in [0.25, 0.3) is 0 Å². The second-order valence-corrected chi connectivity index (χ2v) is 4.86. The summed E-state index contributed by atoms with van der Waals surface area (Å²) < 4.78 is 0. The highest BCUT2D eigenvalue weighted by atomic mass is 16.1. The van der Waals surface area contributed by atoms with Crippen LogP contribution < -0.4 is 16.6 Å². The molecule has 0 bridgehead atoms. The van der Waals surface area contributed by atoms with E-state index in [1.54, 1.807) is 30.5 Å². The van der Waals surface area contributed by atoms with Gasteiger partial charge in [0.2, 0.25) is 0 Å². The SMILES string of the molecule is CC(C)c1cc(C(=O)NCc2cccnn2)cc(NN)n1. The second-order valence-electron chi connectivity index (χ2n) is 4.86. The number of carbonyl (C=O) groups excluding carboxylic acids is 1. The molecular weight excluding hydrogens is 268 g/mol. The van der Waals surface area contributed by atoms with Gasteiger partial charge in [-0.25, -0.2) is 10.8 Å². The molecule has 0 saturated carbocycles. The average molecular weight is 286 g/mol. The van der Waals surface area contributed by atoms with Gasteiger partial charge < -0.3 is 10.7 Å². The lowest BCUT2D eigenvalue weighted by molar-refractivity contribution is 0.0950. The van der Waals surface area contributed by atoms with E-state index >= 15 is 0 Å². The minimum atomic E-state index is -0.207. The molecule has 21 heavy (non-hydrogen) atoms. The standard InChI is InChI=1S/C14H18N6O/c1-9(2)12-6-10(7-13(18-12)19-15)14(21)16-8-11-4-3-5-17-20-11/h3-7,9H,8,15H2,1-2H3,(H,16,21)(H,18,19). The number of hydrazine groups is 1. The number of nitrogens with two attached hydrogens (primary N) is 1. The lowest BCUT2D eigenvalue weighted by atomic mass is 10.1. The Morgan fingerprint density at radius 2 is 2.19 bits per heavy atom. The summed E-state index contributed by atoms with van der Waals surface area (Å²) in [4.78, 5) is 16.5. The normalized spacial score (nSPS) is 10.5. The number of nitrogens with zero attached hydrogens (tertiary/aromatic N) is 3. The molecule has 4 N–H and O–H groups in total. The summed E-state index contributed by atoms with van der Waals surface area (Å²) in [5.41, 5.74) is 4.48. The van der Waals surface area contributed by atoms with Crippen molar-refractivity contribution in [3.05, 3.63) is 47.4 Å². The van der Waals surface area contributed by atoms with Gasteiger partial charge in [-0.2, -0.15) is 10.2 Å². The number of hydrogen-bond donors (Lipinski definition) is 3. The van der Waals surface area contributed by atoms with Crippen molar-refractivity contribution < 1.29 is 4.79 Å². The van der Waals surface area contributed by atoms with E-state index in [1.807, 2.05) is 13.8 Å². The van der Waals surface area contributed by atoms with E-state index in [4.69, 9.17) is 5.84 Å². The largest absolute Gasteiger partial charge is 0.346 e. The van der Waals surface area contributed by atoms with Crippen LogP contribution in [0.4, 0.5) is 5.82 Å². The van der Waals surface area contributed by atoms with Crippen LogP contribution in [-0.4, -0.2) is 21.1 Å². The Morgan fingerprint density at radius 1 is 1.38 bits per heavy atom. The fourth-order valence-corrected chi connectivity index (χ4v) is 1.75. The molecule has 2 aromatic heterocycles. The number of hydrogen-bond acceptors (Lipinski definition) is 6. The fraction of sp³-hybridized carbons (Fsp3) is 0.286. The van der Waals surface area contributed by atoms with E-state index in [0.717, 1.165) is 5.69 Å². The first kappa shape index (κ1) is 14.9. The van der Waals surface area contributed by atoms with Crippen LogP contribution in [0.1, 0.15) is 41.5 Å². The van der Waals surface area contributed by atoms with Crippen molar-refractivity contribution >= 4 is 11.7 Å². The molecule has 0 fully saturated rings. The van der Waals surface area contributed by atoms with Crippen LogP contribution in [0.5, 0.6) is 0 Å². The number of amides is 1. The quantitative estimate of drug-likeness (QED) is 0.563. The molecule has 0 aliphatic carbocycles. The molecule has 0 aliphatic rings. The van der Waals surface area contributed by atoms with Gasteiger partial charge in [0.15, 0.2) is 0 Å². The van der Waals surface area contributed by atoms with Crippen molar-refractivity contribution in [3.8, 4) is 0 Å². The summed E-state index contributed by atoms with van der Waals surface area (Å²) in [5, 5.41) is 10.5. The van der Waals surface area contributed by atoms with Gasteiger partial charge >= 0.3 is 0 Å². The van der Waals surface area contributed by atoms with E-state index < -0.39 is 0 Å². The van der Waals surface area contributed by atoms with Crippen molar-refractivity contribution in [1.29, 1.82) is 0 Å². The monoisotopic (exact) mass is 286 g/mol. The maximum Gasteiger partial charge on any atom is 0.251 e. The molecule has 2 rings (SSSR count). The Bertz CT molecular complexity index is 614. The highest BCUT2D eigenvalue weighted by Crippen LogP contribution is 2.17. The Morgan fingerprint density at radius 3 is 2.81 bits per heavy atom. The maximum atomic E-state index is 12.2. The van der Waals surface area contributed by atoms with Gasteiger partial charge in [0.1, 0.15) is 5.82 Å². The third kappa shape index (κ3) is 3.96. The number of anilines is 1. The molecule has 0 spiro atoms. The van der Waals surface area contributed by atoms with Gasteiger partial charge in [-0.15, -0.1) is 0 Å². The molecule has 0 radical (unpaired) electrons. The molecule has 0 unspecified atom stereocenters. The number of nitrogens with one attached hydrogen (secondary N) is 2. The van der Waals surface area contributed by atoms with E-state index in [0.29, 0.717) is 23.6 Å². The van der Waals surface area contributed by atoms with Gasteiger partial charge in [-0.3, -0.25) is 4.79 Å². The Balaban J connectivity index is 2.13. The van der Waals surface area contributed by atoms with Crippen LogP contribution >= 0.6 is 0 Å². The first-order valence-corrected chi connectivity index (χ1v) is 6.63. The predicted molar refractivity (Wildman–Crippen MR) is 79.3 cm³/mol. The first-order valence-electron chi connectivity index (χ1n) is 6.63. The van der Waals surface area contributed by atoms with Crippen LogP contribution in [0.3, 0.4) is 0 Å². The molecule has 0 aliphatic heterocycles. The van der Waals surface area contributed by atoms with Gasteiger partial charge in [0.05, 0.1) is 12.2 Å². The zero-order valence-corrected chi connectivity index (χ0v) is 12.0. The lowest BCUT2D eigenvalue weighted by Gasteiger charge is -2.11. The number of rotatable bonds is 5. The third-order valence-corrected chi connectivity index (χ3v) is 2.90. The lowest BCUT2D eigenvalue weighted by Crippen LogP contribution is -2.24. The molecule has 0 atom stereocenters. The van der Waals surface area contributed by atoms with Crippen molar-refractivity contribution in [2.75, 3.05) is 5.43 Å². The molecular formula is C14H18N6O. The first-order chi connectivity index (χ1) is 10.1. The smallest absolute Gasteiger partial charge is 0.251 e. The number of aromatic nitrogens is 3. The molecule has 2 heterocycles. The molecule has 1 amide bonds. The van der Waals surface area contributed by atoms with Gasteiger partial charge in [0, 0.05) is 17.5 Å². The molecule has 110 valence electrons.